The van der Waals surface area contributed by atoms with Crippen molar-refractivity contribution in [3.05, 3.63) is 47.5 Å². The summed E-state index contributed by atoms with van der Waals surface area (Å²) in [6.07, 6.45) is 2.13. The Morgan fingerprint density at radius 1 is 1.16 bits per heavy atom. The first-order valence-corrected chi connectivity index (χ1v) is 7.32. The lowest BCUT2D eigenvalue weighted by atomic mass is 9.89. The lowest BCUT2D eigenvalue weighted by Crippen LogP contribution is -2.28. The molecule has 1 aliphatic rings. The molecule has 2 unspecified atom stereocenters. The van der Waals surface area contributed by atoms with Crippen molar-refractivity contribution in [1.82, 2.24) is 0 Å². The fraction of sp³-hybridized carbons (Fsp3) is 0.412. The molecule has 3 rings (SSSR count). The van der Waals surface area contributed by atoms with Gasteiger partial charge in [-0.15, -0.1) is 11.6 Å². The van der Waals surface area contributed by atoms with E-state index in [4.69, 9.17) is 16.3 Å². The Balaban J connectivity index is 2.12. The third-order valence-corrected chi connectivity index (χ3v) is 4.93. The summed E-state index contributed by atoms with van der Waals surface area (Å²) < 4.78 is 5.90. The highest BCUT2D eigenvalue weighted by atomic mass is 35.5. The zero-order valence-corrected chi connectivity index (χ0v) is 12.2. The lowest BCUT2D eigenvalue weighted by molar-refractivity contribution is 0.0167. The number of rotatable bonds is 2. The maximum atomic E-state index is 6.76. The monoisotopic (exact) mass is 274 g/mol. The SMILES string of the molecule is Cc1ccc(C(Cl)C2(C)CCCO2)c2ccccc12. The van der Waals surface area contributed by atoms with Gasteiger partial charge in [0.25, 0.3) is 0 Å². The molecule has 1 heterocycles. The molecule has 0 aliphatic carbocycles. The molecule has 2 aromatic carbocycles. The van der Waals surface area contributed by atoms with Gasteiger partial charge in [-0.1, -0.05) is 36.4 Å². The second-order valence-electron chi connectivity index (χ2n) is 5.64. The van der Waals surface area contributed by atoms with Crippen LogP contribution in [0.15, 0.2) is 36.4 Å². The largest absolute Gasteiger partial charge is 0.373 e. The van der Waals surface area contributed by atoms with Crippen LogP contribution in [0.1, 0.15) is 36.3 Å². The van der Waals surface area contributed by atoms with E-state index in [1.54, 1.807) is 0 Å². The van der Waals surface area contributed by atoms with Crippen molar-refractivity contribution in [2.24, 2.45) is 0 Å². The highest BCUT2D eigenvalue weighted by Gasteiger charge is 2.38. The number of alkyl halides is 1. The Hall–Kier alpha value is -1.05. The molecule has 0 spiro atoms. The standard InChI is InChI=1S/C17H19ClO/c1-12-8-9-15(14-7-4-3-6-13(12)14)16(18)17(2)10-5-11-19-17/h3-4,6-9,16H,5,10-11H2,1-2H3. The van der Waals surface area contributed by atoms with E-state index < -0.39 is 0 Å². The Bertz CT molecular complexity index is 599. The van der Waals surface area contributed by atoms with Crippen LogP contribution in [0.2, 0.25) is 0 Å². The Kier molecular flexibility index (Phi) is 3.28. The van der Waals surface area contributed by atoms with Gasteiger partial charge in [-0.05, 0) is 48.6 Å². The van der Waals surface area contributed by atoms with Gasteiger partial charge < -0.3 is 4.74 Å². The zero-order chi connectivity index (χ0) is 13.5. The summed E-state index contributed by atoms with van der Waals surface area (Å²) in [6.45, 7) is 5.10. The van der Waals surface area contributed by atoms with E-state index in [1.165, 1.54) is 21.9 Å². The first kappa shape index (κ1) is 13.0. The van der Waals surface area contributed by atoms with Crippen LogP contribution < -0.4 is 0 Å². The van der Waals surface area contributed by atoms with Gasteiger partial charge in [-0.3, -0.25) is 0 Å². The molecule has 2 heteroatoms. The van der Waals surface area contributed by atoms with E-state index in [2.05, 4.69) is 50.2 Å². The first-order valence-electron chi connectivity index (χ1n) is 6.88. The summed E-state index contributed by atoms with van der Waals surface area (Å²) in [5.41, 5.74) is 2.24. The predicted molar refractivity (Wildman–Crippen MR) is 80.9 cm³/mol. The van der Waals surface area contributed by atoms with E-state index in [-0.39, 0.29) is 11.0 Å². The van der Waals surface area contributed by atoms with E-state index in [0.29, 0.717) is 0 Å². The normalized spacial score (nSPS) is 24.8. The maximum Gasteiger partial charge on any atom is 0.0878 e. The van der Waals surface area contributed by atoms with Crippen LogP contribution in [-0.4, -0.2) is 12.2 Å². The molecule has 2 atom stereocenters. The van der Waals surface area contributed by atoms with Gasteiger partial charge >= 0.3 is 0 Å². The molecule has 1 nitrogen and oxygen atoms in total. The third kappa shape index (κ3) is 2.15. The lowest BCUT2D eigenvalue weighted by Gasteiger charge is -2.30. The fourth-order valence-corrected chi connectivity index (χ4v) is 3.39. The molecular weight excluding hydrogens is 256 g/mol. The summed E-state index contributed by atoms with van der Waals surface area (Å²) in [4.78, 5) is 0. The van der Waals surface area contributed by atoms with E-state index in [9.17, 15) is 0 Å². The van der Waals surface area contributed by atoms with E-state index >= 15 is 0 Å². The van der Waals surface area contributed by atoms with Crippen LogP contribution in [0.4, 0.5) is 0 Å². The summed E-state index contributed by atoms with van der Waals surface area (Å²) in [6, 6.07) is 12.8. The van der Waals surface area contributed by atoms with Crippen LogP contribution >= 0.6 is 11.6 Å². The highest BCUT2D eigenvalue weighted by Crippen LogP contribution is 2.44. The number of ether oxygens (including phenoxy) is 1. The minimum atomic E-state index is -0.237. The van der Waals surface area contributed by atoms with Gasteiger partial charge in [0.2, 0.25) is 0 Å². The van der Waals surface area contributed by atoms with Crippen molar-refractivity contribution in [2.45, 2.75) is 37.7 Å². The summed E-state index contributed by atoms with van der Waals surface area (Å²) in [5.74, 6) is 0. The highest BCUT2D eigenvalue weighted by molar-refractivity contribution is 6.22. The second kappa shape index (κ2) is 4.81. The van der Waals surface area contributed by atoms with Crippen LogP contribution in [0, 0.1) is 6.92 Å². The average molecular weight is 275 g/mol. The topological polar surface area (TPSA) is 9.23 Å². The quantitative estimate of drug-likeness (QED) is 0.701. The number of hydrogen-bond donors (Lipinski definition) is 0. The molecule has 1 saturated heterocycles. The van der Waals surface area contributed by atoms with Crippen LogP contribution in [0.25, 0.3) is 10.8 Å². The third-order valence-electron chi connectivity index (χ3n) is 4.23. The van der Waals surface area contributed by atoms with Crippen LogP contribution in [0.3, 0.4) is 0 Å². The van der Waals surface area contributed by atoms with Gasteiger partial charge in [0, 0.05) is 6.61 Å². The molecule has 1 fully saturated rings. The molecule has 0 N–H and O–H groups in total. The van der Waals surface area contributed by atoms with Crippen LogP contribution in [0.5, 0.6) is 0 Å². The van der Waals surface area contributed by atoms with Crippen molar-refractivity contribution in [2.75, 3.05) is 6.61 Å². The van der Waals surface area contributed by atoms with Gasteiger partial charge in [0.15, 0.2) is 0 Å². The molecule has 2 aromatic rings. The molecule has 0 bridgehead atoms. The zero-order valence-electron chi connectivity index (χ0n) is 11.4. The Morgan fingerprint density at radius 3 is 2.58 bits per heavy atom. The smallest absolute Gasteiger partial charge is 0.0878 e. The fourth-order valence-electron chi connectivity index (χ4n) is 3.02. The number of hydrogen-bond acceptors (Lipinski definition) is 1. The molecule has 0 amide bonds. The summed E-state index contributed by atoms with van der Waals surface area (Å²) in [7, 11) is 0. The minimum Gasteiger partial charge on any atom is -0.373 e. The molecular formula is C17H19ClO. The van der Waals surface area contributed by atoms with Crippen molar-refractivity contribution in [1.29, 1.82) is 0 Å². The minimum absolute atomic E-state index is 0.0968. The number of halogens is 1. The number of benzene rings is 2. The predicted octanol–water partition coefficient (Wildman–Crippen LogP) is 5.00. The van der Waals surface area contributed by atoms with Crippen molar-refractivity contribution < 1.29 is 4.74 Å². The Labute approximate surface area is 119 Å². The molecule has 19 heavy (non-hydrogen) atoms. The van der Waals surface area contributed by atoms with Crippen molar-refractivity contribution >= 4 is 22.4 Å². The van der Waals surface area contributed by atoms with Gasteiger partial charge in [-0.25, -0.2) is 0 Å². The molecule has 100 valence electrons. The molecule has 0 radical (unpaired) electrons. The van der Waals surface area contributed by atoms with E-state index in [1.807, 2.05) is 0 Å². The molecule has 1 aliphatic heterocycles. The van der Waals surface area contributed by atoms with Crippen LogP contribution in [-0.2, 0) is 4.74 Å². The van der Waals surface area contributed by atoms with Gasteiger partial charge in [0.05, 0.1) is 11.0 Å². The van der Waals surface area contributed by atoms with E-state index in [0.717, 1.165) is 19.4 Å². The second-order valence-corrected chi connectivity index (χ2v) is 6.08. The Morgan fingerprint density at radius 2 is 1.89 bits per heavy atom. The average Bonchev–Trinajstić information content (AvgIpc) is 2.87. The summed E-state index contributed by atoms with van der Waals surface area (Å²) in [5, 5.41) is 2.44. The number of fused-ring (bicyclic) bond motifs is 1. The van der Waals surface area contributed by atoms with Gasteiger partial charge in [-0.2, -0.15) is 0 Å². The van der Waals surface area contributed by atoms with Crippen molar-refractivity contribution in [3.63, 3.8) is 0 Å². The first-order chi connectivity index (χ1) is 9.12. The van der Waals surface area contributed by atoms with Crippen molar-refractivity contribution in [3.8, 4) is 0 Å². The molecule has 0 aromatic heterocycles. The maximum absolute atomic E-state index is 6.76. The number of aryl methyl sites for hydroxylation is 1. The molecule has 0 saturated carbocycles. The van der Waals surface area contributed by atoms with Gasteiger partial charge in [0.1, 0.15) is 0 Å². The summed E-state index contributed by atoms with van der Waals surface area (Å²) >= 11 is 6.76.